The van der Waals surface area contributed by atoms with Crippen molar-refractivity contribution < 1.29 is 14.3 Å². The molecule has 27 heavy (non-hydrogen) atoms. The first-order chi connectivity index (χ1) is 12.9. The number of fused-ring (bicyclic) bond motifs is 4. The lowest BCUT2D eigenvalue weighted by Gasteiger charge is -2.36. The van der Waals surface area contributed by atoms with Crippen LogP contribution in [0.4, 0.5) is 4.79 Å². The highest BCUT2D eigenvalue weighted by atomic mass is 16.5. The van der Waals surface area contributed by atoms with E-state index in [1.807, 2.05) is 28.9 Å². The van der Waals surface area contributed by atoms with Gasteiger partial charge < -0.3 is 19.4 Å². The summed E-state index contributed by atoms with van der Waals surface area (Å²) in [5.74, 6) is 1.45. The second-order valence-electron chi connectivity index (χ2n) is 8.03. The fourth-order valence-electron chi connectivity index (χ4n) is 4.24. The smallest absolute Gasteiger partial charge is 0.319 e. The summed E-state index contributed by atoms with van der Waals surface area (Å²) >= 11 is 0. The molecule has 3 aliphatic rings. The summed E-state index contributed by atoms with van der Waals surface area (Å²) in [5, 5.41) is 0. The van der Waals surface area contributed by atoms with Gasteiger partial charge in [0.25, 0.3) is 0 Å². The molecule has 3 fully saturated rings. The van der Waals surface area contributed by atoms with Crippen LogP contribution in [0.15, 0.2) is 18.2 Å². The Labute approximate surface area is 162 Å². The first kappa shape index (κ1) is 19.5. The van der Waals surface area contributed by atoms with Crippen LogP contribution < -0.4 is 4.74 Å². The van der Waals surface area contributed by atoms with Crippen LogP contribution >= 0.6 is 0 Å². The number of aryl methyl sites for hydroxylation is 2. The first-order valence-electron chi connectivity index (χ1n) is 9.78. The van der Waals surface area contributed by atoms with Gasteiger partial charge in [0, 0.05) is 46.2 Å². The van der Waals surface area contributed by atoms with Gasteiger partial charge in [0.15, 0.2) is 0 Å². The molecule has 0 spiro atoms. The number of ether oxygens (including phenoxy) is 1. The van der Waals surface area contributed by atoms with Crippen molar-refractivity contribution >= 4 is 11.9 Å². The highest BCUT2D eigenvalue weighted by Gasteiger charge is 2.38. The van der Waals surface area contributed by atoms with Gasteiger partial charge in [-0.3, -0.25) is 4.79 Å². The predicted molar refractivity (Wildman–Crippen MR) is 105 cm³/mol. The number of rotatable bonds is 4. The third-order valence-corrected chi connectivity index (χ3v) is 5.79. The molecule has 6 heteroatoms. The molecule has 2 atom stereocenters. The van der Waals surface area contributed by atoms with Gasteiger partial charge in [-0.1, -0.05) is 12.1 Å². The number of methoxy groups -OCH3 is 1. The summed E-state index contributed by atoms with van der Waals surface area (Å²) in [4.78, 5) is 30.9. The number of urea groups is 1. The van der Waals surface area contributed by atoms with Crippen molar-refractivity contribution in [1.82, 2.24) is 14.7 Å². The van der Waals surface area contributed by atoms with Crippen molar-refractivity contribution in [3.05, 3.63) is 29.3 Å². The van der Waals surface area contributed by atoms with Crippen molar-refractivity contribution in [2.75, 3.05) is 40.8 Å². The molecule has 6 nitrogen and oxygen atoms in total. The molecule has 3 heterocycles. The number of piperidine rings is 1. The molecule has 0 saturated carbocycles. The van der Waals surface area contributed by atoms with Gasteiger partial charge in [0.1, 0.15) is 5.75 Å². The van der Waals surface area contributed by atoms with Gasteiger partial charge in [0.2, 0.25) is 5.91 Å². The minimum Gasteiger partial charge on any atom is -0.496 e. The van der Waals surface area contributed by atoms with E-state index in [1.54, 1.807) is 26.1 Å². The summed E-state index contributed by atoms with van der Waals surface area (Å²) < 4.78 is 5.38. The van der Waals surface area contributed by atoms with Crippen LogP contribution in [0, 0.1) is 12.8 Å². The van der Waals surface area contributed by atoms with Gasteiger partial charge in [-0.15, -0.1) is 0 Å². The number of carbonyl (C=O) groups excluding carboxylic acids is 2. The summed E-state index contributed by atoms with van der Waals surface area (Å²) in [6, 6.07) is 6.32. The Hall–Kier alpha value is -2.24. The first-order valence-corrected chi connectivity index (χ1v) is 9.78. The molecule has 3 aliphatic heterocycles. The SMILES string of the molecule is COc1cc(CCC(=O)N2C[C@H]3CC[C@@H]2CN(C(=O)N(C)C)C3)ccc1C. The number of carbonyl (C=O) groups is 2. The third-order valence-electron chi connectivity index (χ3n) is 5.79. The standard InChI is InChI=1S/C21H31N3O3/c1-15-5-6-16(11-19(15)27-4)8-10-20(25)24-13-17-7-9-18(24)14-23(12-17)21(26)22(2)3/h5-6,11,17-18H,7-10,12-14H2,1-4H3/t17-,18+/m0/s1. The predicted octanol–water partition coefficient (Wildman–Crippen LogP) is 2.54. The molecule has 148 valence electrons. The Morgan fingerprint density at radius 2 is 1.96 bits per heavy atom. The van der Waals surface area contributed by atoms with Crippen molar-refractivity contribution in [2.24, 2.45) is 5.92 Å². The second kappa shape index (κ2) is 8.19. The molecular weight excluding hydrogens is 342 g/mol. The summed E-state index contributed by atoms with van der Waals surface area (Å²) in [5.41, 5.74) is 2.22. The van der Waals surface area contributed by atoms with Crippen molar-refractivity contribution in [3.8, 4) is 5.75 Å². The lowest BCUT2D eigenvalue weighted by atomic mass is 9.94. The van der Waals surface area contributed by atoms with E-state index in [1.165, 1.54) is 0 Å². The maximum absolute atomic E-state index is 12.9. The molecule has 0 radical (unpaired) electrons. The minimum absolute atomic E-state index is 0.0490. The van der Waals surface area contributed by atoms with E-state index in [-0.39, 0.29) is 18.0 Å². The van der Waals surface area contributed by atoms with Gasteiger partial charge in [-0.2, -0.15) is 0 Å². The zero-order valence-electron chi connectivity index (χ0n) is 16.9. The minimum atomic E-state index is 0.0490. The van der Waals surface area contributed by atoms with E-state index in [4.69, 9.17) is 4.74 Å². The number of amides is 3. The summed E-state index contributed by atoms with van der Waals surface area (Å²) in [6.07, 6.45) is 3.30. The fourth-order valence-corrected chi connectivity index (χ4v) is 4.24. The normalized spacial score (nSPS) is 21.8. The highest BCUT2D eigenvalue weighted by Crippen LogP contribution is 2.29. The Morgan fingerprint density at radius 3 is 2.67 bits per heavy atom. The molecule has 4 rings (SSSR count). The van der Waals surface area contributed by atoms with E-state index in [9.17, 15) is 9.59 Å². The summed E-state index contributed by atoms with van der Waals surface area (Å²) in [7, 11) is 5.24. The second-order valence-corrected chi connectivity index (χ2v) is 8.03. The molecule has 3 amide bonds. The van der Waals surface area contributed by atoms with Crippen molar-refractivity contribution in [3.63, 3.8) is 0 Å². The molecule has 3 saturated heterocycles. The van der Waals surface area contributed by atoms with E-state index < -0.39 is 0 Å². The third kappa shape index (κ3) is 4.37. The van der Waals surface area contributed by atoms with Crippen molar-refractivity contribution in [2.45, 2.75) is 38.6 Å². The summed E-state index contributed by atoms with van der Waals surface area (Å²) in [6.45, 7) is 4.20. The molecule has 0 unspecified atom stereocenters. The van der Waals surface area contributed by atoms with Crippen LogP contribution in [-0.4, -0.2) is 73.5 Å². The molecule has 1 aromatic carbocycles. The number of hydrogen-bond donors (Lipinski definition) is 0. The van der Waals surface area contributed by atoms with E-state index in [2.05, 4.69) is 6.07 Å². The van der Waals surface area contributed by atoms with Crippen LogP contribution in [0.5, 0.6) is 5.75 Å². The average molecular weight is 373 g/mol. The lowest BCUT2D eigenvalue weighted by Crippen LogP contribution is -2.48. The van der Waals surface area contributed by atoms with Crippen LogP contribution in [0.1, 0.15) is 30.4 Å². The van der Waals surface area contributed by atoms with Crippen LogP contribution in [-0.2, 0) is 11.2 Å². The maximum atomic E-state index is 12.9. The number of hydrogen-bond acceptors (Lipinski definition) is 3. The molecular formula is C21H31N3O3. The van der Waals surface area contributed by atoms with Gasteiger partial charge in [0.05, 0.1) is 7.11 Å². The molecule has 0 N–H and O–H groups in total. The molecule has 2 bridgehead atoms. The lowest BCUT2D eigenvalue weighted by molar-refractivity contribution is -0.135. The number of nitrogens with zero attached hydrogens (tertiary/aromatic N) is 3. The van der Waals surface area contributed by atoms with Crippen LogP contribution in [0.3, 0.4) is 0 Å². The topological polar surface area (TPSA) is 53.1 Å². The Bertz CT molecular complexity index is 704. The largest absolute Gasteiger partial charge is 0.496 e. The van der Waals surface area contributed by atoms with Crippen LogP contribution in [0.25, 0.3) is 0 Å². The van der Waals surface area contributed by atoms with Gasteiger partial charge in [-0.05, 0) is 49.3 Å². The molecule has 0 aliphatic carbocycles. The average Bonchev–Trinajstić information content (AvgIpc) is 2.98. The van der Waals surface area contributed by atoms with E-state index in [0.29, 0.717) is 25.3 Å². The monoisotopic (exact) mass is 373 g/mol. The quantitative estimate of drug-likeness (QED) is 0.815. The molecule has 1 aromatic rings. The van der Waals surface area contributed by atoms with Crippen LogP contribution in [0.2, 0.25) is 0 Å². The van der Waals surface area contributed by atoms with Crippen molar-refractivity contribution in [1.29, 1.82) is 0 Å². The fraction of sp³-hybridized carbons (Fsp3) is 0.619. The maximum Gasteiger partial charge on any atom is 0.319 e. The Kier molecular flexibility index (Phi) is 5.92. The number of benzene rings is 1. The highest BCUT2D eigenvalue weighted by molar-refractivity contribution is 5.78. The zero-order valence-corrected chi connectivity index (χ0v) is 16.9. The molecule has 0 aromatic heterocycles. The Morgan fingerprint density at radius 1 is 1.19 bits per heavy atom. The van der Waals surface area contributed by atoms with Gasteiger partial charge >= 0.3 is 6.03 Å². The van der Waals surface area contributed by atoms with Gasteiger partial charge in [-0.25, -0.2) is 4.79 Å². The van der Waals surface area contributed by atoms with E-state index in [0.717, 1.165) is 42.8 Å². The zero-order chi connectivity index (χ0) is 19.6. The van der Waals surface area contributed by atoms with E-state index >= 15 is 0 Å². The Balaban J connectivity index is 1.63.